The van der Waals surface area contributed by atoms with Crippen molar-refractivity contribution in [3.05, 3.63) is 59.7 Å². The molecule has 1 heterocycles. The van der Waals surface area contributed by atoms with Crippen molar-refractivity contribution in [1.29, 1.82) is 0 Å². The van der Waals surface area contributed by atoms with Crippen LogP contribution in [-0.2, 0) is 0 Å². The lowest BCUT2D eigenvalue weighted by Crippen LogP contribution is -1.80. The normalized spacial score (nSPS) is 10.9. The summed E-state index contributed by atoms with van der Waals surface area (Å²) in [4.78, 5) is 1.41. The second kappa shape index (κ2) is 4.01. The number of hydrogen-bond donors (Lipinski definition) is 0. The van der Waals surface area contributed by atoms with Crippen LogP contribution in [0.3, 0.4) is 0 Å². The topological polar surface area (TPSA) is 0 Å². The Bertz CT molecular complexity index is 677. The van der Waals surface area contributed by atoms with Crippen LogP contribution in [0, 0.1) is 13.8 Å². The summed E-state index contributed by atoms with van der Waals surface area (Å²) in [7, 11) is 0. The number of thiophene rings is 1. The van der Waals surface area contributed by atoms with Crippen LogP contribution in [0.1, 0.15) is 11.1 Å². The average Bonchev–Trinajstić information content (AvgIpc) is 2.68. The molecule has 0 saturated carbocycles. The average molecular weight is 238 g/mol. The molecular weight excluding hydrogens is 224 g/mol. The highest BCUT2D eigenvalue weighted by Crippen LogP contribution is 2.38. The molecule has 0 aliphatic heterocycles. The van der Waals surface area contributed by atoms with E-state index in [1.807, 2.05) is 11.3 Å². The van der Waals surface area contributed by atoms with Crippen molar-refractivity contribution in [2.24, 2.45) is 0 Å². The zero-order valence-corrected chi connectivity index (χ0v) is 10.8. The van der Waals surface area contributed by atoms with Gasteiger partial charge in [-0.1, -0.05) is 42.5 Å². The van der Waals surface area contributed by atoms with Gasteiger partial charge >= 0.3 is 0 Å². The first-order valence-electron chi connectivity index (χ1n) is 5.81. The molecule has 0 aliphatic carbocycles. The van der Waals surface area contributed by atoms with Gasteiger partial charge in [-0.25, -0.2) is 0 Å². The summed E-state index contributed by atoms with van der Waals surface area (Å²) in [6, 6.07) is 17.3. The Balaban J connectivity index is 2.32. The third-order valence-corrected chi connectivity index (χ3v) is 4.54. The van der Waals surface area contributed by atoms with E-state index < -0.39 is 0 Å². The SMILES string of the molecule is Cc1ccccc1-c1sc2ccccc2c1C. The number of fused-ring (bicyclic) bond motifs is 1. The number of benzene rings is 2. The van der Waals surface area contributed by atoms with Crippen LogP contribution in [0.5, 0.6) is 0 Å². The summed E-state index contributed by atoms with van der Waals surface area (Å²) in [6.45, 7) is 4.40. The minimum absolute atomic E-state index is 1.35. The monoisotopic (exact) mass is 238 g/mol. The van der Waals surface area contributed by atoms with Crippen LogP contribution in [0.15, 0.2) is 48.5 Å². The van der Waals surface area contributed by atoms with Crippen molar-refractivity contribution in [2.45, 2.75) is 13.8 Å². The van der Waals surface area contributed by atoms with Gasteiger partial charge in [0.1, 0.15) is 0 Å². The minimum Gasteiger partial charge on any atom is -0.135 e. The molecule has 0 N–H and O–H groups in total. The van der Waals surface area contributed by atoms with E-state index in [-0.39, 0.29) is 0 Å². The third-order valence-electron chi connectivity index (χ3n) is 3.23. The van der Waals surface area contributed by atoms with Crippen LogP contribution in [0.4, 0.5) is 0 Å². The first-order chi connectivity index (χ1) is 8.27. The Labute approximate surface area is 106 Å². The molecule has 84 valence electrons. The van der Waals surface area contributed by atoms with Crippen molar-refractivity contribution in [3.63, 3.8) is 0 Å². The zero-order chi connectivity index (χ0) is 11.8. The molecule has 1 heteroatoms. The van der Waals surface area contributed by atoms with Gasteiger partial charge in [0.25, 0.3) is 0 Å². The van der Waals surface area contributed by atoms with Gasteiger partial charge in [0.05, 0.1) is 0 Å². The molecular formula is C16H14S. The van der Waals surface area contributed by atoms with Crippen LogP contribution >= 0.6 is 11.3 Å². The van der Waals surface area contributed by atoms with Gasteiger partial charge in [-0.2, -0.15) is 0 Å². The van der Waals surface area contributed by atoms with Crippen LogP contribution in [0.25, 0.3) is 20.5 Å². The fourth-order valence-corrected chi connectivity index (χ4v) is 3.56. The van der Waals surface area contributed by atoms with Gasteiger partial charge < -0.3 is 0 Å². The van der Waals surface area contributed by atoms with Crippen LogP contribution in [-0.4, -0.2) is 0 Å². The quantitative estimate of drug-likeness (QED) is 0.547. The van der Waals surface area contributed by atoms with E-state index in [2.05, 4.69) is 62.4 Å². The summed E-state index contributed by atoms with van der Waals surface area (Å²) >= 11 is 1.89. The van der Waals surface area contributed by atoms with Gasteiger partial charge in [-0.3, -0.25) is 0 Å². The van der Waals surface area contributed by atoms with Crippen molar-refractivity contribution >= 4 is 21.4 Å². The molecule has 0 aliphatic rings. The summed E-state index contributed by atoms with van der Waals surface area (Å²) in [6.07, 6.45) is 0. The van der Waals surface area contributed by atoms with Gasteiger partial charge in [0, 0.05) is 9.58 Å². The van der Waals surface area contributed by atoms with E-state index in [0.717, 1.165) is 0 Å². The Morgan fingerprint density at radius 2 is 1.53 bits per heavy atom. The first-order valence-corrected chi connectivity index (χ1v) is 6.63. The molecule has 3 aromatic rings. The van der Waals surface area contributed by atoms with Gasteiger partial charge in [0.15, 0.2) is 0 Å². The van der Waals surface area contributed by atoms with E-state index >= 15 is 0 Å². The van der Waals surface area contributed by atoms with Crippen molar-refractivity contribution < 1.29 is 0 Å². The number of hydrogen-bond acceptors (Lipinski definition) is 1. The maximum Gasteiger partial charge on any atom is 0.0387 e. The van der Waals surface area contributed by atoms with E-state index in [1.165, 1.54) is 31.7 Å². The molecule has 0 amide bonds. The fourth-order valence-electron chi connectivity index (χ4n) is 2.26. The smallest absolute Gasteiger partial charge is 0.0387 e. The summed E-state index contributed by atoms with van der Waals surface area (Å²) < 4.78 is 1.38. The Morgan fingerprint density at radius 3 is 2.29 bits per heavy atom. The minimum atomic E-state index is 1.35. The lowest BCUT2D eigenvalue weighted by atomic mass is 10.0. The maximum absolute atomic E-state index is 2.22. The predicted molar refractivity (Wildman–Crippen MR) is 76.7 cm³/mol. The van der Waals surface area contributed by atoms with Gasteiger partial charge in [0.2, 0.25) is 0 Å². The Hall–Kier alpha value is -1.60. The number of aryl methyl sites for hydroxylation is 2. The van der Waals surface area contributed by atoms with Gasteiger partial charge in [-0.05, 0) is 42.0 Å². The highest BCUT2D eigenvalue weighted by molar-refractivity contribution is 7.22. The van der Waals surface area contributed by atoms with Crippen molar-refractivity contribution in [2.75, 3.05) is 0 Å². The molecule has 0 unspecified atom stereocenters. The van der Waals surface area contributed by atoms with Crippen LogP contribution in [0.2, 0.25) is 0 Å². The lowest BCUT2D eigenvalue weighted by Gasteiger charge is -2.03. The zero-order valence-electron chi connectivity index (χ0n) is 10.0. The molecule has 0 atom stereocenters. The molecule has 0 nitrogen and oxygen atoms in total. The fraction of sp³-hybridized carbons (Fsp3) is 0.125. The standard InChI is InChI=1S/C16H14S/c1-11-7-3-4-8-13(11)16-12(2)14-9-5-6-10-15(14)17-16/h3-10H,1-2H3. The summed E-state index contributed by atoms with van der Waals surface area (Å²) in [5.74, 6) is 0. The van der Waals surface area contributed by atoms with Gasteiger partial charge in [-0.15, -0.1) is 11.3 Å². The Morgan fingerprint density at radius 1 is 0.824 bits per heavy atom. The van der Waals surface area contributed by atoms with Crippen molar-refractivity contribution in [1.82, 2.24) is 0 Å². The largest absolute Gasteiger partial charge is 0.135 e. The van der Waals surface area contributed by atoms with Crippen LogP contribution < -0.4 is 0 Å². The van der Waals surface area contributed by atoms with E-state index in [9.17, 15) is 0 Å². The molecule has 0 spiro atoms. The van der Waals surface area contributed by atoms with E-state index in [0.29, 0.717) is 0 Å². The predicted octanol–water partition coefficient (Wildman–Crippen LogP) is 5.19. The molecule has 0 bridgehead atoms. The molecule has 3 rings (SSSR count). The maximum atomic E-state index is 2.22. The van der Waals surface area contributed by atoms with Crippen molar-refractivity contribution in [3.8, 4) is 10.4 Å². The second-order valence-electron chi connectivity index (χ2n) is 4.37. The second-order valence-corrected chi connectivity index (χ2v) is 5.42. The Kier molecular flexibility index (Phi) is 2.49. The highest BCUT2D eigenvalue weighted by Gasteiger charge is 2.10. The van der Waals surface area contributed by atoms with E-state index in [4.69, 9.17) is 0 Å². The molecule has 17 heavy (non-hydrogen) atoms. The summed E-state index contributed by atoms with van der Waals surface area (Å²) in [5.41, 5.74) is 4.12. The molecule has 2 aromatic carbocycles. The molecule has 0 fully saturated rings. The lowest BCUT2D eigenvalue weighted by molar-refractivity contribution is 1.46. The highest BCUT2D eigenvalue weighted by atomic mass is 32.1. The first kappa shape index (κ1) is 10.5. The van der Waals surface area contributed by atoms with E-state index in [1.54, 1.807) is 0 Å². The molecule has 1 aromatic heterocycles. The third kappa shape index (κ3) is 1.67. The number of rotatable bonds is 1. The molecule has 0 radical (unpaired) electrons. The molecule has 0 saturated heterocycles. The summed E-state index contributed by atoms with van der Waals surface area (Å²) in [5, 5.41) is 1.38.